The third-order valence-corrected chi connectivity index (χ3v) is 4.42. The molecule has 1 aliphatic rings. The van der Waals surface area contributed by atoms with Crippen LogP contribution in [0, 0.1) is 0 Å². The number of hydrogen-bond donors (Lipinski definition) is 1. The molecule has 1 aliphatic heterocycles. The topological polar surface area (TPSA) is 53.4 Å². The molecular weight excluding hydrogens is 260 g/mol. The summed E-state index contributed by atoms with van der Waals surface area (Å²) in [6.07, 6.45) is 3.44. The molecule has 2 heterocycles. The van der Waals surface area contributed by atoms with Crippen molar-refractivity contribution in [1.29, 1.82) is 0 Å². The minimum Gasteiger partial charge on any atom is -0.480 e. The number of hydrogen-bond acceptors (Lipinski definition) is 4. The van der Waals surface area contributed by atoms with E-state index >= 15 is 0 Å². The molecule has 0 bridgehead atoms. The van der Waals surface area contributed by atoms with Crippen LogP contribution in [0.25, 0.3) is 10.4 Å². The van der Waals surface area contributed by atoms with Crippen molar-refractivity contribution in [2.75, 3.05) is 11.4 Å². The first-order valence-electron chi connectivity index (χ1n) is 6.26. The molecule has 0 aliphatic carbocycles. The van der Waals surface area contributed by atoms with E-state index in [1.54, 1.807) is 11.3 Å². The Kier molecular flexibility index (Phi) is 3.21. The summed E-state index contributed by atoms with van der Waals surface area (Å²) in [6, 6.07) is 9.61. The molecule has 0 radical (unpaired) electrons. The van der Waals surface area contributed by atoms with Crippen molar-refractivity contribution >= 4 is 22.4 Å². The van der Waals surface area contributed by atoms with Crippen molar-refractivity contribution in [2.24, 2.45) is 0 Å². The first-order valence-corrected chi connectivity index (χ1v) is 7.08. The number of carbonyl (C=O) groups is 1. The van der Waals surface area contributed by atoms with Crippen LogP contribution < -0.4 is 4.90 Å². The van der Waals surface area contributed by atoms with Crippen molar-refractivity contribution in [1.82, 2.24) is 4.98 Å². The van der Waals surface area contributed by atoms with Gasteiger partial charge in [-0.25, -0.2) is 9.78 Å². The lowest BCUT2D eigenvalue weighted by Crippen LogP contribution is -2.35. The Morgan fingerprint density at radius 2 is 2.16 bits per heavy atom. The Labute approximate surface area is 115 Å². The summed E-state index contributed by atoms with van der Waals surface area (Å²) in [5.41, 5.74) is 1.12. The summed E-state index contributed by atoms with van der Waals surface area (Å²) in [7, 11) is 0. The van der Waals surface area contributed by atoms with Crippen LogP contribution >= 0.6 is 11.3 Å². The zero-order chi connectivity index (χ0) is 13.2. The zero-order valence-corrected chi connectivity index (χ0v) is 11.1. The van der Waals surface area contributed by atoms with E-state index in [9.17, 15) is 9.90 Å². The van der Waals surface area contributed by atoms with Gasteiger partial charge < -0.3 is 10.0 Å². The average Bonchev–Trinajstić information content (AvgIpc) is 3.08. The monoisotopic (exact) mass is 274 g/mol. The third kappa shape index (κ3) is 2.33. The van der Waals surface area contributed by atoms with Crippen molar-refractivity contribution in [3.8, 4) is 10.4 Å². The van der Waals surface area contributed by atoms with Crippen LogP contribution in [0.3, 0.4) is 0 Å². The summed E-state index contributed by atoms with van der Waals surface area (Å²) in [5, 5.41) is 10.0. The van der Waals surface area contributed by atoms with Crippen molar-refractivity contribution in [3.63, 3.8) is 0 Å². The highest BCUT2D eigenvalue weighted by Gasteiger charge is 2.32. The number of rotatable bonds is 3. The number of nitrogens with zero attached hydrogens (tertiary/aromatic N) is 2. The Morgan fingerprint density at radius 1 is 1.37 bits per heavy atom. The molecule has 1 fully saturated rings. The highest BCUT2D eigenvalue weighted by atomic mass is 32.1. The number of carboxylic acids is 1. The lowest BCUT2D eigenvalue weighted by Gasteiger charge is -2.19. The van der Waals surface area contributed by atoms with Crippen molar-refractivity contribution < 1.29 is 9.90 Å². The minimum atomic E-state index is -0.756. The Bertz CT molecular complexity index is 582. The van der Waals surface area contributed by atoms with Crippen LogP contribution in [0.1, 0.15) is 12.8 Å². The van der Waals surface area contributed by atoms with Gasteiger partial charge in [-0.15, -0.1) is 0 Å². The molecular formula is C14H14N2O2S. The molecule has 98 valence electrons. The van der Waals surface area contributed by atoms with E-state index in [0.29, 0.717) is 6.42 Å². The molecule has 1 atom stereocenters. The number of benzene rings is 1. The summed E-state index contributed by atoms with van der Waals surface area (Å²) in [6.45, 7) is 0.776. The van der Waals surface area contributed by atoms with Gasteiger partial charge in [-0.3, -0.25) is 0 Å². The van der Waals surface area contributed by atoms with Gasteiger partial charge >= 0.3 is 5.97 Å². The predicted molar refractivity (Wildman–Crippen MR) is 75.6 cm³/mol. The number of carboxylic acid groups (broad SMARTS) is 1. The molecule has 1 aromatic carbocycles. The second-order valence-corrected chi connectivity index (χ2v) is 5.57. The fraction of sp³-hybridized carbons (Fsp3) is 0.286. The number of anilines is 1. The van der Waals surface area contributed by atoms with Crippen LogP contribution in [-0.4, -0.2) is 28.6 Å². The molecule has 1 aromatic heterocycles. The molecule has 2 aromatic rings. The largest absolute Gasteiger partial charge is 0.480 e. The molecule has 1 saturated heterocycles. The van der Waals surface area contributed by atoms with Gasteiger partial charge in [0.25, 0.3) is 0 Å². The van der Waals surface area contributed by atoms with Gasteiger partial charge in [0.2, 0.25) is 0 Å². The van der Waals surface area contributed by atoms with Crippen LogP contribution in [0.5, 0.6) is 0 Å². The molecule has 0 amide bonds. The smallest absolute Gasteiger partial charge is 0.326 e. The standard InChI is InChI=1S/C14H14N2O2S/c17-13(18)11-7-4-8-16(11)14-15-9-12(19-14)10-5-2-1-3-6-10/h1-3,5-6,9,11H,4,7-8H2,(H,17,18). The van der Waals surface area contributed by atoms with Crippen LogP contribution in [0.4, 0.5) is 5.13 Å². The predicted octanol–water partition coefficient (Wildman–Crippen LogP) is 2.86. The van der Waals surface area contributed by atoms with E-state index in [4.69, 9.17) is 0 Å². The van der Waals surface area contributed by atoms with Gasteiger partial charge in [-0.2, -0.15) is 0 Å². The first-order chi connectivity index (χ1) is 9.25. The molecule has 19 heavy (non-hydrogen) atoms. The summed E-state index contributed by atoms with van der Waals surface area (Å²) >= 11 is 1.56. The Morgan fingerprint density at radius 3 is 2.89 bits per heavy atom. The molecule has 1 unspecified atom stereocenters. The van der Waals surface area contributed by atoms with E-state index in [1.165, 1.54) is 0 Å². The van der Waals surface area contributed by atoms with Gasteiger partial charge in [0.1, 0.15) is 6.04 Å². The third-order valence-electron chi connectivity index (χ3n) is 3.34. The van der Waals surface area contributed by atoms with E-state index in [0.717, 1.165) is 28.5 Å². The molecule has 5 heteroatoms. The van der Waals surface area contributed by atoms with E-state index in [1.807, 2.05) is 41.4 Å². The Hall–Kier alpha value is -1.88. The maximum Gasteiger partial charge on any atom is 0.326 e. The van der Waals surface area contributed by atoms with Crippen LogP contribution in [-0.2, 0) is 4.79 Å². The van der Waals surface area contributed by atoms with E-state index in [-0.39, 0.29) is 0 Å². The molecule has 0 saturated carbocycles. The highest BCUT2D eigenvalue weighted by Crippen LogP contribution is 2.34. The maximum absolute atomic E-state index is 11.2. The second-order valence-electron chi connectivity index (χ2n) is 4.56. The van der Waals surface area contributed by atoms with Crippen molar-refractivity contribution in [3.05, 3.63) is 36.5 Å². The highest BCUT2D eigenvalue weighted by molar-refractivity contribution is 7.18. The first kappa shape index (κ1) is 12.2. The van der Waals surface area contributed by atoms with Gasteiger partial charge in [0.15, 0.2) is 5.13 Å². The maximum atomic E-state index is 11.2. The number of thiazole rings is 1. The summed E-state index contributed by atoms with van der Waals surface area (Å²) in [5.74, 6) is -0.756. The zero-order valence-electron chi connectivity index (χ0n) is 10.3. The molecule has 0 spiro atoms. The second kappa shape index (κ2) is 5.01. The van der Waals surface area contributed by atoms with E-state index < -0.39 is 12.0 Å². The SMILES string of the molecule is O=C(O)C1CCCN1c1ncc(-c2ccccc2)s1. The van der Waals surface area contributed by atoms with Gasteiger partial charge in [-0.05, 0) is 18.4 Å². The lowest BCUT2D eigenvalue weighted by atomic mass is 10.2. The number of aliphatic carboxylic acids is 1. The average molecular weight is 274 g/mol. The number of aromatic nitrogens is 1. The van der Waals surface area contributed by atoms with Gasteiger partial charge in [0, 0.05) is 12.7 Å². The van der Waals surface area contributed by atoms with Gasteiger partial charge in [0.05, 0.1) is 4.88 Å². The van der Waals surface area contributed by atoms with Crippen LogP contribution in [0.2, 0.25) is 0 Å². The molecule has 3 rings (SSSR count). The summed E-state index contributed by atoms with van der Waals surface area (Å²) in [4.78, 5) is 18.6. The van der Waals surface area contributed by atoms with E-state index in [2.05, 4.69) is 4.98 Å². The Balaban J connectivity index is 1.87. The fourth-order valence-electron chi connectivity index (χ4n) is 2.39. The summed E-state index contributed by atoms with van der Waals surface area (Å²) < 4.78 is 0. The van der Waals surface area contributed by atoms with Gasteiger partial charge in [-0.1, -0.05) is 41.7 Å². The minimum absolute atomic E-state index is 0.422. The molecule has 1 N–H and O–H groups in total. The quantitative estimate of drug-likeness (QED) is 0.935. The van der Waals surface area contributed by atoms with Crippen molar-refractivity contribution in [2.45, 2.75) is 18.9 Å². The molecule has 4 nitrogen and oxygen atoms in total. The lowest BCUT2D eigenvalue weighted by molar-refractivity contribution is -0.138. The van der Waals surface area contributed by atoms with Crippen LogP contribution in [0.15, 0.2) is 36.5 Å². The normalized spacial score (nSPS) is 18.7. The fourth-order valence-corrected chi connectivity index (χ4v) is 3.38.